The molecule has 0 saturated heterocycles. The van der Waals surface area contributed by atoms with E-state index in [1.165, 1.54) is 18.9 Å². The van der Waals surface area contributed by atoms with Gasteiger partial charge in [0.2, 0.25) is 0 Å². The summed E-state index contributed by atoms with van der Waals surface area (Å²) in [6.07, 6.45) is 5.25. The number of fused-ring (bicyclic) bond motifs is 1. The molecule has 0 bridgehead atoms. The van der Waals surface area contributed by atoms with Crippen LogP contribution in [-0.4, -0.2) is 32.2 Å². The van der Waals surface area contributed by atoms with Crippen LogP contribution in [0, 0.1) is 0 Å². The fourth-order valence-electron chi connectivity index (χ4n) is 3.15. The van der Waals surface area contributed by atoms with Gasteiger partial charge in [0.25, 0.3) is 5.56 Å². The first-order valence-electron chi connectivity index (χ1n) is 9.38. The van der Waals surface area contributed by atoms with E-state index in [-0.39, 0.29) is 12.1 Å². The lowest BCUT2D eigenvalue weighted by atomic mass is 10.1. The fraction of sp³-hybridized carbons (Fsp3) is 0.238. The van der Waals surface area contributed by atoms with Crippen molar-refractivity contribution in [3.63, 3.8) is 0 Å². The van der Waals surface area contributed by atoms with Gasteiger partial charge >= 0.3 is 5.97 Å². The minimum absolute atomic E-state index is 0.200. The molecule has 0 amide bonds. The summed E-state index contributed by atoms with van der Waals surface area (Å²) < 4.78 is 13.8. The van der Waals surface area contributed by atoms with Crippen molar-refractivity contribution in [3.8, 4) is 0 Å². The Bertz CT molecular complexity index is 1240. The van der Waals surface area contributed by atoms with E-state index in [0.29, 0.717) is 33.1 Å². The Labute approximate surface area is 176 Å². The molecular formula is C21H20N4O4S. The SMILES string of the molecule is CCn1ccnc1CSc1nc2cc(C(=O)OC)ccc2c(=O)n1Cc1ccco1. The predicted octanol–water partition coefficient (Wildman–Crippen LogP) is 3.33. The molecule has 154 valence electrons. The van der Waals surface area contributed by atoms with Gasteiger partial charge in [0.15, 0.2) is 5.16 Å². The lowest BCUT2D eigenvalue weighted by molar-refractivity contribution is 0.0601. The van der Waals surface area contributed by atoms with E-state index < -0.39 is 5.97 Å². The third-order valence-corrected chi connectivity index (χ3v) is 5.68. The van der Waals surface area contributed by atoms with Gasteiger partial charge in [-0.2, -0.15) is 0 Å². The van der Waals surface area contributed by atoms with Gasteiger partial charge in [0, 0.05) is 18.9 Å². The monoisotopic (exact) mass is 424 g/mol. The van der Waals surface area contributed by atoms with Crippen LogP contribution in [0.5, 0.6) is 0 Å². The van der Waals surface area contributed by atoms with Crippen molar-refractivity contribution >= 4 is 28.6 Å². The summed E-state index contributed by atoms with van der Waals surface area (Å²) in [6, 6.07) is 8.35. The Morgan fingerprint density at radius 2 is 2.17 bits per heavy atom. The number of hydrogen-bond acceptors (Lipinski definition) is 7. The number of thioether (sulfide) groups is 1. The Balaban J connectivity index is 1.78. The molecule has 4 rings (SSSR count). The number of hydrogen-bond donors (Lipinski definition) is 0. The number of nitrogens with zero attached hydrogens (tertiary/aromatic N) is 4. The first kappa shape index (κ1) is 20.0. The summed E-state index contributed by atoms with van der Waals surface area (Å²) in [5.41, 5.74) is 0.590. The van der Waals surface area contributed by atoms with Crippen LogP contribution >= 0.6 is 11.8 Å². The number of furan rings is 1. The highest BCUT2D eigenvalue weighted by Crippen LogP contribution is 2.23. The number of rotatable bonds is 7. The van der Waals surface area contributed by atoms with Gasteiger partial charge in [-0.3, -0.25) is 9.36 Å². The number of esters is 1. The minimum atomic E-state index is -0.474. The number of aryl methyl sites for hydroxylation is 1. The zero-order chi connectivity index (χ0) is 21.1. The van der Waals surface area contributed by atoms with E-state index in [1.807, 2.05) is 23.8 Å². The first-order chi connectivity index (χ1) is 14.6. The summed E-state index contributed by atoms with van der Waals surface area (Å²) in [5, 5.41) is 0.949. The van der Waals surface area contributed by atoms with Gasteiger partial charge in [-0.25, -0.2) is 14.8 Å². The second kappa shape index (κ2) is 8.58. The molecule has 0 spiro atoms. The van der Waals surface area contributed by atoms with Crippen molar-refractivity contribution in [3.05, 3.63) is 76.5 Å². The molecule has 0 aliphatic rings. The molecule has 0 atom stereocenters. The smallest absolute Gasteiger partial charge is 0.337 e. The van der Waals surface area contributed by atoms with E-state index in [4.69, 9.17) is 9.15 Å². The number of methoxy groups -OCH3 is 1. The Morgan fingerprint density at radius 1 is 1.30 bits per heavy atom. The summed E-state index contributed by atoms with van der Waals surface area (Å²) in [7, 11) is 1.32. The van der Waals surface area contributed by atoms with Gasteiger partial charge < -0.3 is 13.7 Å². The van der Waals surface area contributed by atoms with Crippen LogP contribution in [0.15, 0.2) is 63.4 Å². The Hall–Kier alpha value is -3.33. The summed E-state index contributed by atoms with van der Waals surface area (Å²) in [6.45, 7) is 3.12. The topological polar surface area (TPSA) is 92.2 Å². The third-order valence-electron chi connectivity index (χ3n) is 4.71. The van der Waals surface area contributed by atoms with E-state index in [2.05, 4.69) is 9.97 Å². The molecule has 0 aliphatic carbocycles. The minimum Gasteiger partial charge on any atom is -0.467 e. The predicted molar refractivity (Wildman–Crippen MR) is 113 cm³/mol. The molecule has 0 saturated carbocycles. The molecule has 8 nitrogen and oxygen atoms in total. The second-order valence-electron chi connectivity index (χ2n) is 6.51. The maximum atomic E-state index is 13.2. The molecule has 4 aromatic rings. The average Bonchev–Trinajstić information content (AvgIpc) is 3.45. The second-order valence-corrected chi connectivity index (χ2v) is 7.45. The molecule has 0 radical (unpaired) electrons. The average molecular weight is 424 g/mol. The molecule has 3 heterocycles. The van der Waals surface area contributed by atoms with Crippen LogP contribution in [0.25, 0.3) is 10.9 Å². The lowest BCUT2D eigenvalue weighted by Crippen LogP contribution is -2.24. The van der Waals surface area contributed by atoms with Gasteiger partial charge in [0.1, 0.15) is 11.6 Å². The molecule has 3 aromatic heterocycles. The van der Waals surface area contributed by atoms with E-state index in [1.54, 1.807) is 41.3 Å². The maximum absolute atomic E-state index is 13.2. The van der Waals surface area contributed by atoms with Crippen LogP contribution in [-0.2, 0) is 23.6 Å². The van der Waals surface area contributed by atoms with Crippen LogP contribution in [0.3, 0.4) is 0 Å². The number of benzene rings is 1. The van der Waals surface area contributed by atoms with E-state index in [0.717, 1.165) is 12.4 Å². The third kappa shape index (κ3) is 3.88. The number of aromatic nitrogens is 4. The molecular weight excluding hydrogens is 404 g/mol. The van der Waals surface area contributed by atoms with Crippen molar-refractivity contribution in [1.82, 2.24) is 19.1 Å². The zero-order valence-corrected chi connectivity index (χ0v) is 17.4. The highest BCUT2D eigenvalue weighted by molar-refractivity contribution is 7.98. The standard InChI is InChI=1S/C21H20N4O4S/c1-3-24-9-8-22-18(24)13-30-21-23-17-11-14(20(27)28-2)6-7-16(17)19(26)25(21)12-15-5-4-10-29-15/h4-11H,3,12-13H2,1-2H3. The van der Waals surface area contributed by atoms with Crippen molar-refractivity contribution in [2.45, 2.75) is 30.9 Å². The van der Waals surface area contributed by atoms with E-state index >= 15 is 0 Å². The highest BCUT2D eigenvalue weighted by atomic mass is 32.2. The van der Waals surface area contributed by atoms with Crippen LogP contribution in [0.1, 0.15) is 28.9 Å². The summed E-state index contributed by atoms with van der Waals surface area (Å²) in [5.74, 6) is 1.62. The van der Waals surface area contributed by atoms with Crippen LogP contribution in [0.4, 0.5) is 0 Å². The first-order valence-corrected chi connectivity index (χ1v) is 10.4. The quantitative estimate of drug-likeness (QED) is 0.255. The normalized spacial score (nSPS) is 11.1. The molecule has 30 heavy (non-hydrogen) atoms. The number of imidazole rings is 1. The Morgan fingerprint density at radius 3 is 2.90 bits per heavy atom. The number of ether oxygens (including phenoxy) is 1. The van der Waals surface area contributed by atoms with Crippen LogP contribution in [0.2, 0.25) is 0 Å². The van der Waals surface area contributed by atoms with Crippen molar-refractivity contribution < 1.29 is 13.9 Å². The molecule has 9 heteroatoms. The largest absolute Gasteiger partial charge is 0.467 e. The van der Waals surface area contributed by atoms with Crippen molar-refractivity contribution in [2.75, 3.05) is 7.11 Å². The zero-order valence-electron chi connectivity index (χ0n) is 16.6. The van der Waals surface area contributed by atoms with E-state index in [9.17, 15) is 9.59 Å². The van der Waals surface area contributed by atoms with Gasteiger partial charge in [-0.05, 0) is 37.3 Å². The van der Waals surface area contributed by atoms with Crippen molar-refractivity contribution in [1.29, 1.82) is 0 Å². The molecule has 0 N–H and O–H groups in total. The van der Waals surface area contributed by atoms with Crippen molar-refractivity contribution in [2.24, 2.45) is 0 Å². The molecule has 0 aliphatic heterocycles. The van der Waals surface area contributed by atoms with Gasteiger partial charge in [-0.1, -0.05) is 11.8 Å². The molecule has 0 fully saturated rings. The summed E-state index contributed by atoms with van der Waals surface area (Å²) in [4.78, 5) is 34.2. The highest BCUT2D eigenvalue weighted by Gasteiger charge is 2.16. The maximum Gasteiger partial charge on any atom is 0.337 e. The molecule has 1 aromatic carbocycles. The number of carbonyl (C=O) groups is 1. The van der Waals surface area contributed by atoms with Crippen LogP contribution < -0.4 is 5.56 Å². The van der Waals surface area contributed by atoms with Gasteiger partial charge in [-0.15, -0.1) is 0 Å². The fourth-order valence-corrected chi connectivity index (χ4v) is 4.12. The Kier molecular flexibility index (Phi) is 5.71. The number of carbonyl (C=O) groups excluding carboxylic acids is 1. The van der Waals surface area contributed by atoms with Gasteiger partial charge in [0.05, 0.1) is 42.1 Å². The molecule has 0 unspecified atom stereocenters. The summed E-state index contributed by atoms with van der Waals surface area (Å²) >= 11 is 1.42. The lowest BCUT2D eigenvalue weighted by Gasteiger charge is -2.13.